The Balaban J connectivity index is 2.50. The molecular formula is C18H24N2. The molecule has 0 fully saturated rings. The predicted molar refractivity (Wildman–Crippen MR) is 87.8 cm³/mol. The number of rotatable bonds is 5. The molecule has 1 N–H and O–H groups in total. The van der Waals surface area contributed by atoms with Crippen LogP contribution in [0.15, 0.2) is 48.5 Å². The molecule has 2 rings (SSSR count). The lowest BCUT2D eigenvalue weighted by molar-refractivity contribution is 0.651. The minimum absolute atomic E-state index is 0.337. The van der Waals surface area contributed by atoms with Gasteiger partial charge in [0.15, 0.2) is 0 Å². The molecule has 20 heavy (non-hydrogen) atoms. The molecule has 0 bridgehead atoms. The summed E-state index contributed by atoms with van der Waals surface area (Å²) >= 11 is 0. The van der Waals surface area contributed by atoms with Crippen molar-refractivity contribution in [1.29, 1.82) is 0 Å². The zero-order valence-electron chi connectivity index (χ0n) is 12.9. The Morgan fingerprint density at radius 2 is 1.60 bits per heavy atom. The molecule has 1 unspecified atom stereocenters. The van der Waals surface area contributed by atoms with Crippen molar-refractivity contribution in [2.24, 2.45) is 0 Å². The van der Waals surface area contributed by atoms with E-state index in [0.29, 0.717) is 6.04 Å². The van der Waals surface area contributed by atoms with Crippen LogP contribution in [0.25, 0.3) is 0 Å². The van der Waals surface area contributed by atoms with E-state index in [0.717, 1.165) is 6.54 Å². The molecule has 2 nitrogen and oxygen atoms in total. The summed E-state index contributed by atoms with van der Waals surface area (Å²) in [6.45, 7) is 7.53. The Labute approximate surface area is 122 Å². The molecular weight excluding hydrogens is 244 g/mol. The van der Waals surface area contributed by atoms with Gasteiger partial charge in [-0.15, -0.1) is 0 Å². The number of para-hydroxylation sites is 2. The summed E-state index contributed by atoms with van der Waals surface area (Å²) in [5.41, 5.74) is 5.21. The van der Waals surface area contributed by atoms with Crippen LogP contribution in [0.2, 0.25) is 0 Å². The molecule has 2 aromatic carbocycles. The molecule has 0 aromatic heterocycles. The maximum Gasteiger partial charge on any atom is 0.0459 e. The van der Waals surface area contributed by atoms with Gasteiger partial charge in [-0.05, 0) is 51.1 Å². The van der Waals surface area contributed by atoms with Crippen LogP contribution in [-0.4, -0.2) is 13.6 Å². The van der Waals surface area contributed by atoms with Gasteiger partial charge in [-0.1, -0.05) is 36.4 Å². The number of benzene rings is 2. The Kier molecular flexibility index (Phi) is 4.80. The monoisotopic (exact) mass is 268 g/mol. The Bertz CT molecular complexity index is 563. The minimum Gasteiger partial charge on any atom is -0.341 e. The summed E-state index contributed by atoms with van der Waals surface area (Å²) in [5.74, 6) is 0. The predicted octanol–water partition coefficient (Wildman–Crippen LogP) is 4.43. The van der Waals surface area contributed by atoms with Crippen LogP contribution < -0.4 is 10.2 Å². The van der Waals surface area contributed by atoms with E-state index in [1.54, 1.807) is 0 Å². The summed E-state index contributed by atoms with van der Waals surface area (Å²) in [7, 11) is 2.01. The highest BCUT2D eigenvalue weighted by molar-refractivity contribution is 5.69. The fourth-order valence-electron chi connectivity index (χ4n) is 2.59. The first-order valence-electron chi connectivity index (χ1n) is 7.28. The lowest BCUT2D eigenvalue weighted by Gasteiger charge is -2.29. The summed E-state index contributed by atoms with van der Waals surface area (Å²) in [5, 5.41) is 3.34. The van der Waals surface area contributed by atoms with Gasteiger partial charge in [0, 0.05) is 24.0 Å². The molecule has 0 saturated carbocycles. The second kappa shape index (κ2) is 6.58. The third-order valence-electron chi connectivity index (χ3n) is 3.85. The third kappa shape index (κ3) is 2.86. The highest BCUT2D eigenvalue weighted by Crippen LogP contribution is 2.33. The van der Waals surface area contributed by atoms with E-state index < -0.39 is 0 Å². The summed E-state index contributed by atoms with van der Waals surface area (Å²) in [6.07, 6.45) is 0. The van der Waals surface area contributed by atoms with E-state index in [1.165, 1.54) is 22.5 Å². The second-order valence-corrected chi connectivity index (χ2v) is 5.10. The van der Waals surface area contributed by atoms with E-state index in [2.05, 4.69) is 79.5 Å². The molecule has 0 heterocycles. The van der Waals surface area contributed by atoms with Crippen molar-refractivity contribution < 1.29 is 0 Å². The van der Waals surface area contributed by atoms with Crippen molar-refractivity contribution in [3.63, 3.8) is 0 Å². The molecule has 2 heteroatoms. The average molecular weight is 268 g/mol. The van der Waals surface area contributed by atoms with Gasteiger partial charge in [-0.3, -0.25) is 0 Å². The highest BCUT2D eigenvalue weighted by Gasteiger charge is 2.15. The van der Waals surface area contributed by atoms with Crippen LogP contribution >= 0.6 is 0 Å². The van der Waals surface area contributed by atoms with Crippen LogP contribution in [-0.2, 0) is 0 Å². The maximum atomic E-state index is 3.34. The largest absolute Gasteiger partial charge is 0.341 e. The van der Waals surface area contributed by atoms with Crippen molar-refractivity contribution in [2.75, 3.05) is 18.5 Å². The van der Waals surface area contributed by atoms with Gasteiger partial charge < -0.3 is 10.2 Å². The maximum absolute atomic E-state index is 3.34. The van der Waals surface area contributed by atoms with Crippen molar-refractivity contribution >= 4 is 11.4 Å². The Morgan fingerprint density at radius 1 is 1.00 bits per heavy atom. The summed E-state index contributed by atoms with van der Waals surface area (Å²) in [6, 6.07) is 17.5. The van der Waals surface area contributed by atoms with Crippen LogP contribution in [0.1, 0.15) is 31.0 Å². The molecule has 0 saturated heterocycles. The normalized spacial score (nSPS) is 12.2. The van der Waals surface area contributed by atoms with Gasteiger partial charge in [0.2, 0.25) is 0 Å². The van der Waals surface area contributed by atoms with E-state index in [-0.39, 0.29) is 0 Å². The Morgan fingerprint density at radius 3 is 2.20 bits per heavy atom. The molecule has 2 aromatic rings. The van der Waals surface area contributed by atoms with Crippen molar-refractivity contribution in [1.82, 2.24) is 5.32 Å². The molecule has 0 aliphatic carbocycles. The van der Waals surface area contributed by atoms with E-state index in [1.807, 2.05) is 7.05 Å². The van der Waals surface area contributed by atoms with E-state index in [9.17, 15) is 0 Å². The van der Waals surface area contributed by atoms with E-state index in [4.69, 9.17) is 0 Å². The molecule has 0 aliphatic rings. The highest BCUT2D eigenvalue weighted by atomic mass is 15.1. The fourth-order valence-corrected chi connectivity index (χ4v) is 2.59. The van der Waals surface area contributed by atoms with Gasteiger partial charge in [0.25, 0.3) is 0 Å². The van der Waals surface area contributed by atoms with Gasteiger partial charge in [-0.2, -0.15) is 0 Å². The van der Waals surface area contributed by atoms with E-state index >= 15 is 0 Å². The summed E-state index contributed by atoms with van der Waals surface area (Å²) in [4.78, 5) is 2.39. The van der Waals surface area contributed by atoms with Crippen LogP contribution in [0.3, 0.4) is 0 Å². The molecule has 0 amide bonds. The van der Waals surface area contributed by atoms with Crippen LogP contribution in [0, 0.1) is 6.92 Å². The fraction of sp³-hybridized carbons (Fsp3) is 0.333. The zero-order chi connectivity index (χ0) is 14.5. The third-order valence-corrected chi connectivity index (χ3v) is 3.85. The minimum atomic E-state index is 0.337. The van der Waals surface area contributed by atoms with Gasteiger partial charge >= 0.3 is 0 Å². The zero-order valence-corrected chi connectivity index (χ0v) is 12.9. The first-order valence-corrected chi connectivity index (χ1v) is 7.28. The van der Waals surface area contributed by atoms with Gasteiger partial charge in [-0.25, -0.2) is 0 Å². The lowest BCUT2D eigenvalue weighted by Crippen LogP contribution is -2.21. The van der Waals surface area contributed by atoms with Gasteiger partial charge in [0.05, 0.1) is 0 Å². The first-order chi connectivity index (χ1) is 9.69. The number of hydrogen-bond donors (Lipinski definition) is 1. The first kappa shape index (κ1) is 14.6. The topological polar surface area (TPSA) is 15.3 Å². The standard InChI is InChI=1S/C18H24N2/c1-5-20(17-12-8-6-10-14(17)2)18-13-9-7-11-16(18)15(3)19-4/h6-13,15,19H,5H2,1-4H3. The van der Waals surface area contributed by atoms with Crippen molar-refractivity contribution in [3.8, 4) is 0 Å². The van der Waals surface area contributed by atoms with Crippen molar-refractivity contribution in [2.45, 2.75) is 26.8 Å². The summed E-state index contributed by atoms with van der Waals surface area (Å²) < 4.78 is 0. The molecule has 106 valence electrons. The van der Waals surface area contributed by atoms with Crippen molar-refractivity contribution in [3.05, 3.63) is 59.7 Å². The molecule has 0 radical (unpaired) electrons. The van der Waals surface area contributed by atoms with Gasteiger partial charge in [0.1, 0.15) is 0 Å². The average Bonchev–Trinajstić information content (AvgIpc) is 2.49. The van der Waals surface area contributed by atoms with Crippen LogP contribution in [0.5, 0.6) is 0 Å². The lowest BCUT2D eigenvalue weighted by atomic mass is 10.0. The Hall–Kier alpha value is -1.80. The SMILES string of the molecule is CCN(c1ccccc1C)c1ccccc1C(C)NC. The number of nitrogens with one attached hydrogen (secondary N) is 1. The number of aryl methyl sites for hydroxylation is 1. The second-order valence-electron chi connectivity index (χ2n) is 5.10. The molecule has 1 atom stereocenters. The number of nitrogens with zero attached hydrogens (tertiary/aromatic N) is 1. The van der Waals surface area contributed by atoms with Crippen LogP contribution in [0.4, 0.5) is 11.4 Å². The smallest absolute Gasteiger partial charge is 0.0459 e. The number of anilines is 2. The quantitative estimate of drug-likeness (QED) is 0.862. The number of hydrogen-bond acceptors (Lipinski definition) is 2. The molecule has 0 aliphatic heterocycles. The molecule has 0 spiro atoms.